The van der Waals surface area contributed by atoms with Crippen LogP contribution in [0.25, 0.3) is 0 Å². The third kappa shape index (κ3) is 3.54. The maximum Gasteiger partial charge on any atom is 0.317 e. The molecule has 1 aliphatic rings. The molecule has 17 heavy (non-hydrogen) atoms. The first-order valence-corrected chi connectivity index (χ1v) is 6.65. The van der Waals surface area contributed by atoms with E-state index in [0.717, 1.165) is 30.3 Å². The van der Waals surface area contributed by atoms with Crippen LogP contribution in [-0.4, -0.2) is 35.1 Å². The van der Waals surface area contributed by atoms with Crippen LogP contribution in [0.15, 0.2) is 28.7 Å². The van der Waals surface area contributed by atoms with Crippen molar-refractivity contribution in [1.82, 2.24) is 4.90 Å². The van der Waals surface area contributed by atoms with Crippen LogP contribution < -0.4 is 0 Å². The number of carbonyl (C=O) groups is 1. The zero-order valence-corrected chi connectivity index (χ0v) is 11.2. The number of hydrogen-bond acceptors (Lipinski definition) is 2. The van der Waals surface area contributed by atoms with Gasteiger partial charge in [0.05, 0.1) is 6.54 Å². The van der Waals surface area contributed by atoms with Gasteiger partial charge in [-0.15, -0.1) is 0 Å². The maximum absolute atomic E-state index is 10.8. The van der Waals surface area contributed by atoms with Crippen molar-refractivity contribution in [2.45, 2.75) is 25.3 Å². The van der Waals surface area contributed by atoms with Crippen LogP contribution in [0.1, 0.15) is 18.4 Å². The Bertz CT molecular complexity index is 391. The number of carboxylic acids is 1. The lowest BCUT2D eigenvalue weighted by Gasteiger charge is -2.22. The van der Waals surface area contributed by atoms with Crippen molar-refractivity contribution in [3.63, 3.8) is 0 Å². The van der Waals surface area contributed by atoms with Gasteiger partial charge in [0.2, 0.25) is 0 Å². The second-order valence-corrected chi connectivity index (χ2v) is 5.41. The number of benzene rings is 1. The zero-order chi connectivity index (χ0) is 12.3. The van der Waals surface area contributed by atoms with Crippen LogP contribution in [0.4, 0.5) is 0 Å². The lowest BCUT2D eigenvalue weighted by molar-refractivity contribution is -0.138. The van der Waals surface area contributed by atoms with Gasteiger partial charge in [0, 0.05) is 10.5 Å². The van der Waals surface area contributed by atoms with Crippen LogP contribution in [0.3, 0.4) is 0 Å². The average Bonchev–Trinajstić information content (AvgIpc) is 2.68. The highest BCUT2D eigenvalue weighted by atomic mass is 79.9. The van der Waals surface area contributed by atoms with Crippen LogP contribution in [0.5, 0.6) is 0 Å². The van der Waals surface area contributed by atoms with Crippen LogP contribution >= 0.6 is 15.9 Å². The summed E-state index contributed by atoms with van der Waals surface area (Å²) in [6, 6.07) is 8.65. The van der Waals surface area contributed by atoms with E-state index in [1.54, 1.807) is 0 Å². The van der Waals surface area contributed by atoms with Gasteiger partial charge in [-0.25, -0.2) is 0 Å². The molecule has 1 N–H and O–H groups in total. The average molecular weight is 298 g/mol. The fraction of sp³-hybridized carbons (Fsp3) is 0.462. The summed E-state index contributed by atoms with van der Waals surface area (Å²) >= 11 is 3.41. The van der Waals surface area contributed by atoms with E-state index in [4.69, 9.17) is 5.11 Å². The predicted octanol–water partition coefficient (Wildman–Crippen LogP) is 2.54. The zero-order valence-electron chi connectivity index (χ0n) is 9.60. The smallest absolute Gasteiger partial charge is 0.317 e. The minimum atomic E-state index is -0.729. The number of likely N-dealkylation sites (tertiary alicyclic amines) is 1. The molecule has 1 aromatic carbocycles. The Labute approximate surface area is 110 Å². The van der Waals surface area contributed by atoms with Crippen molar-refractivity contribution in [2.24, 2.45) is 0 Å². The fourth-order valence-corrected chi connectivity index (χ4v) is 2.67. The number of carboxylic acid groups (broad SMARTS) is 1. The molecule has 1 saturated heterocycles. The number of aliphatic carboxylic acids is 1. The molecule has 1 unspecified atom stereocenters. The minimum Gasteiger partial charge on any atom is -0.480 e. The van der Waals surface area contributed by atoms with Crippen molar-refractivity contribution in [1.29, 1.82) is 0 Å². The fourth-order valence-electron chi connectivity index (χ4n) is 2.40. The van der Waals surface area contributed by atoms with E-state index < -0.39 is 5.97 Å². The van der Waals surface area contributed by atoms with Crippen molar-refractivity contribution < 1.29 is 9.90 Å². The summed E-state index contributed by atoms with van der Waals surface area (Å²) in [6.45, 7) is 1.08. The highest BCUT2D eigenvalue weighted by molar-refractivity contribution is 9.10. The van der Waals surface area contributed by atoms with E-state index in [1.165, 1.54) is 5.56 Å². The molecule has 2 rings (SSSR count). The van der Waals surface area contributed by atoms with E-state index in [0.29, 0.717) is 6.04 Å². The molecular formula is C13H16BrNO2. The van der Waals surface area contributed by atoms with Crippen LogP contribution in [0.2, 0.25) is 0 Å². The summed E-state index contributed by atoms with van der Waals surface area (Å²) < 4.78 is 1.08. The molecule has 1 heterocycles. The second kappa shape index (κ2) is 5.65. The van der Waals surface area contributed by atoms with E-state index >= 15 is 0 Å². The van der Waals surface area contributed by atoms with E-state index in [1.807, 2.05) is 12.1 Å². The number of rotatable bonds is 4. The largest absolute Gasteiger partial charge is 0.480 e. The first-order chi connectivity index (χ1) is 8.15. The van der Waals surface area contributed by atoms with E-state index in [2.05, 4.69) is 33.0 Å². The standard InChI is InChI=1S/C13H16BrNO2/c14-11-5-3-10(4-6-11)8-12-2-1-7-15(12)9-13(16)17/h3-6,12H,1-2,7-9H2,(H,16,17). The molecule has 0 spiro atoms. The SMILES string of the molecule is O=C(O)CN1CCCC1Cc1ccc(Br)cc1. The topological polar surface area (TPSA) is 40.5 Å². The summed E-state index contributed by atoms with van der Waals surface area (Å²) in [5, 5.41) is 8.85. The lowest BCUT2D eigenvalue weighted by atomic mass is 10.0. The minimum absolute atomic E-state index is 0.168. The van der Waals surface area contributed by atoms with Gasteiger partial charge >= 0.3 is 5.97 Å². The summed E-state index contributed by atoms with van der Waals surface area (Å²) in [5.41, 5.74) is 1.27. The molecule has 0 radical (unpaired) electrons. The highest BCUT2D eigenvalue weighted by Crippen LogP contribution is 2.21. The molecule has 4 heteroatoms. The second-order valence-electron chi connectivity index (χ2n) is 4.49. The molecule has 1 aliphatic heterocycles. The number of hydrogen-bond donors (Lipinski definition) is 1. The monoisotopic (exact) mass is 297 g/mol. The summed E-state index contributed by atoms with van der Waals surface area (Å²) in [6.07, 6.45) is 3.15. The van der Waals surface area contributed by atoms with Gasteiger partial charge in [-0.05, 0) is 43.5 Å². The van der Waals surface area contributed by atoms with Crippen molar-refractivity contribution >= 4 is 21.9 Å². The Kier molecular flexibility index (Phi) is 4.18. The van der Waals surface area contributed by atoms with Crippen LogP contribution in [0, 0.1) is 0 Å². The van der Waals surface area contributed by atoms with Gasteiger partial charge in [-0.1, -0.05) is 28.1 Å². The van der Waals surface area contributed by atoms with Gasteiger partial charge in [0.1, 0.15) is 0 Å². The molecule has 1 aromatic rings. The van der Waals surface area contributed by atoms with E-state index in [9.17, 15) is 4.79 Å². The molecule has 3 nitrogen and oxygen atoms in total. The molecule has 0 bridgehead atoms. The Morgan fingerprint density at radius 3 is 2.76 bits per heavy atom. The van der Waals surface area contributed by atoms with Gasteiger partial charge in [-0.2, -0.15) is 0 Å². The van der Waals surface area contributed by atoms with Crippen molar-refractivity contribution in [2.75, 3.05) is 13.1 Å². The summed E-state index contributed by atoms with van der Waals surface area (Å²) in [5.74, 6) is -0.729. The Hall–Kier alpha value is -0.870. The molecule has 1 atom stereocenters. The number of nitrogens with zero attached hydrogens (tertiary/aromatic N) is 1. The van der Waals surface area contributed by atoms with E-state index in [-0.39, 0.29) is 6.54 Å². The van der Waals surface area contributed by atoms with Gasteiger partial charge < -0.3 is 5.11 Å². The first-order valence-electron chi connectivity index (χ1n) is 5.85. The van der Waals surface area contributed by atoms with Gasteiger partial charge in [0.15, 0.2) is 0 Å². The van der Waals surface area contributed by atoms with Gasteiger partial charge in [-0.3, -0.25) is 9.69 Å². The van der Waals surface area contributed by atoms with Gasteiger partial charge in [0.25, 0.3) is 0 Å². The highest BCUT2D eigenvalue weighted by Gasteiger charge is 2.25. The molecule has 0 amide bonds. The summed E-state index contributed by atoms with van der Waals surface area (Å²) in [4.78, 5) is 12.8. The Morgan fingerprint density at radius 2 is 2.12 bits per heavy atom. The third-order valence-electron chi connectivity index (χ3n) is 3.22. The molecular weight excluding hydrogens is 282 g/mol. The number of halogens is 1. The predicted molar refractivity (Wildman–Crippen MR) is 70.1 cm³/mol. The Morgan fingerprint density at radius 1 is 1.41 bits per heavy atom. The van der Waals surface area contributed by atoms with Crippen LogP contribution in [-0.2, 0) is 11.2 Å². The lowest BCUT2D eigenvalue weighted by Crippen LogP contribution is -2.35. The summed E-state index contributed by atoms with van der Waals surface area (Å²) in [7, 11) is 0. The maximum atomic E-state index is 10.8. The molecule has 0 aromatic heterocycles. The Balaban J connectivity index is 1.97. The molecule has 0 saturated carbocycles. The first kappa shape index (κ1) is 12.6. The van der Waals surface area contributed by atoms with Crippen molar-refractivity contribution in [3.05, 3.63) is 34.3 Å². The molecule has 1 fully saturated rings. The third-order valence-corrected chi connectivity index (χ3v) is 3.75. The molecule has 92 valence electrons. The normalized spacial score (nSPS) is 20.6. The quantitative estimate of drug-likeness (QED) is 0.928. The van der Waals surface area contributed by atoms with Crippen molar-refractivity contribution in [3.8, 4) is 0 Å². The molecule has 0 aliphatic carbocycles.